The van der Waals surface area contributed by atoms with E-state index in [2.05, 4.69) is 22.8 Å². The molecule has 0 spiro atoms. The second kappa shape index (κ2) is 10.1. The number of fused-ring (bicyclic) bond motifs is 1. The van der Waals surface area contributed by atoms with Gasteiger partial charge in [-0.3, -0.25) is 14.6 Å². The first kappa shape index (κ1) is 27.2. The number of hydrazine groups is 1. The standard InChI is InChI=1S/C27H43F4N5O2/c1-16(35-10-19(28)11-35)17-6-21-22(23(7-17)27(29,30)31)12-36(25(21)37)20-5-3-4-18(8-20)26(13-38-14-26)9-24-33-32-15-34(24)2/h16-24,32-33H,3-15H2,1-2H3/t16-,17?,18?,20?,21?,22?,23?,24?/m0/s1. The van der Waals surface area contributed by atoms with Gasteiger partial charge in [0.15, 0.2) is 0 Å². The summed E-state index contributed by atoms with van der Waals surface area (Å²) in [4.78, 5) is 19.8. The highest BCUT2D eigenvalue weighted by molar-refractivity contribution is 5.82. The van der Waals surface area contributed by atoms with E-state index in [1.54, 1.807) is 0 Å². The summed E-state index contributed by atoms with van der Waals surface area (Å²) in [6.07, 6.45) is 0.280. The number of ether oxygens (including phenoxy) is 1. The molecule has 216 valence electrons. The monoisotopic (exact) mass is 545 g/mol. The first-order valence-corrected chi connectivity index (χ1v) is 14.6. The summed E-state index contributed by atoms with van der Waals surface area (Å²) in [5.74, 6) is -2.62. The van der Waals surface area contributed by atoms with E-state index in [1.165, 1.54) is 0 Å². The van der Waals surface area contributed by atoms with Crippen LogP contribution in [0.15, 0.2) is 0 Å². The molecule has 6 rings (SSSR count). The summed E-state index contributed by atoms with van der Waals surface area (Å²) in [5.41, 5.74) is 6.60. The summed E-state index contributed by atoms with van der Waals surface area (Å²) in [6, 6.07) is -0.131. The lowest BCUT2D eigenvalue weighted by atomic mass is 9.64. The third-order valence-electron chi connectivity index (χ3n) is 11.2. The highest BCUT2D eigenvalue weighted by Crippen LogP contribution is 2.53. The van der Waals surface area contributed by atoms with Crippen LogP contribution < -0.4 is 10.9 Å². The van der Waals surface area contributed by atoms with Gasteiger partial charge in [0.1, 0.15) is 6.17 Å². The van der Waals surface area contributed by atoms with Crippen molar-refractivity contribution in [3.05, 3.63) is 0 Å². The molecule has 11 heteroatoms. The number of alkyl halides is 4. The van der Waals surface area contributed by atoms with Gasteiger partial charge < -0.3 is 9.64 Å². The number of hydrogen-bond acceptors (Lipinski definition) is 6. The Kier molecular flexibility index (Phi) is 7.24. The Hall–Kier alpha value is -1.01. The third kappa shape index (κ3) is 4.78. The van der Waals surface area contributed by atoms with E-state index in [4.69, 9.17) is 4.74 Å². The summed E-state index contributed by atoms with van der Waals surface area (Å²) in [6.45, 7) is 4.93. The zero-order valence-electron chi connectivity index (χ0n) is 22.6. The van der Waals surface area contributed by atoms with Gasteiger partial charge in [-0.1, -0.05) is 6.42 Å². The first-order chi connectivity index (χ1) is 18.1. The molecule has 0 aromatic heterocycles. The molecular formula is C27H43F4N5O2. The van der Waals surface area contributed by atoms with E-state index in [1.807, 2.05) is 16.7 Å². The van der Waals surface area contributed by atoms with Gasteiger partial charge in [-0.2, -0.15) is 13.2 Å². The molecule has 8 atom stereocenters. The fourth-order valence-corrected chi connectivity index (χ4v) is 8.62. The van der Waals surface area contributed by atoms with Gasteiger partial charge in [-0.25, -0.2) is 15.2 Å². The van der Waals surface area contributed by atoms with Gasteiger partial charge in [0.2, 0.25) is 5.91 Å². The molecule has 6 aliphatic rings. The lowest BCUT2D eigenvalue weighted by Gasteiger charge is -2.52. The molecule has 38 heavy (non-hydrogen) atoms. The normalized spacial score (nSPS) is 41.6. The largest absolute Gasteiger partial charge is 0.392 e. The quantitative estimate of drug-likeness (QED) is 0.501. The number of carbonyl (C=O) groups excluding carboxylic acids is 1. The van der Waals surface area contributed by atoms with Crippen LogP contribution in [0.1, 0.15) is 51.9 Å². The van der Waals surface area contributed by atoms with Crippen molar-refractivity contribution in [2.45, 2.75) is 82.5 Å². The number of halogens is 4. The van der Waals surface area contributed by atoms with Gasteiger partial charge in [-0.05, 0) is 70.3 Å². The molecule has 0 aromatic rings. The fourth-order valence-electron chi connectivity index (χ4n) is 8.62. The Bertz CT molecular complexity index is 882. The average molecular weight is 546 g/mol. The van der Waals surface area contributed by atoms with Crippen LogP contribution in [0.4, 0.5) is 17.6 Å². The van der Waals surface area contributed by atoms with Crippen LogP contribution in [-0.4, -0.2) is 97.8 Å². The van der Waals surface area contributed by atoms with Crippen molar-refractivity contribution in [3.63, 3.8) is 0 Å². The highest BCUT2D eigenvalue weighted by atomic mass is 19.4. The van der Waals surface area contributed by atoms with E-state index < -0.39 is 30.1 Å². The van der Waals surface area contributed by atoms with Crippen molar-refractivity contribution in [1.29, 1.82) is 0 Å². The Morgan fingerprint density at radius 1 is 1.13 bits per heavy atom. The van der Waals surface area contributed by atoms with Crippen LogP contribution in [0.3, 0.4) is 0 Å². The molecule has 0 radical (unpaired) electrons. The maximum absolute atomic E-state index is 14.3. The predicted octanol–water partition coefficient (Wildman–Crippen LogP) is 2.98. The molecule has 0 aromatic carbocycles. The van der Waals surface area contributed by atoms with Crippen molar-refractivity contribution in [2.75, 3.05) is 46.6 Å². The van der Waals surface area contributed by atoms with Crippen LogP contribution in [-0.2, 0) is 9.53 Å². The minimum atomic E-state index is -4.33. The molecule has 4 aliphatic heterocycles. The maximum atomic E-state index is 14.3. The minimum absolute atomic E-state index is 0.00384. The van der Waals surface area contributed by atoms with E-state index in [0.29, 0.717) is 38.6 Å². The molecule has 1 amide bonds. The number of carbonyl (C=O) groups is 1. The lowest BCUT2D eigenvalue weighted by molar-refractivity contribution is -0.206. The number of nitrogens with zero attached hydrogens (tertiary/aromatic N) is 3. The van der Waals surface area contributed by atoms with E-state index in [0.717, 1.165) is 38.8 Å². The topological polar surface area (TPSA) is 60.1 Å². The molecule has 2 saturated carbocycles. The van der Waals surface area contributed by atoms with Crippen LogP contribution in [0.5, 0.6) is 0 Å². The number of rotatable bonds is 6. The third-order valence-corrected chi connectivity index (χ3v) is 11.2. The minimum Gasteiger partial charge on any atom is -0.380 e. The Morgan fingerprint density at radius 2 is 1.89 bits per heavy atom. The second-order valence-corrected chi connectivity index (χ2v) is 13.3. The summed E-state index contributed by atoms with van der Waals surface area (Å²) >= 11 is 0. The summed E-state index contributed by atoms with van der Waals surface area (Å²) < 4.78 is 62.2. The van der Waals surface area contributed by atoms with Crippen LogP contribution in [0.25, 0.3) is 0 Å². The molecule has 0 bridgehead atoms. The van der Waals surface area contributed by atoms with E-state index >= 15 is 0 Å². The second-order valence-electron chi connectivity index (χ2n) is 13.3. The molecule has 7 nitrogen and oxygen atoms in total. The van der Waals surface area contributed by atoms with Crippen LogP contribution in [0.2, 0.25) is 0 Å². The number of likely N-dealkylation sites (tertiary alicyclic amines) is 2. The van der Waals surface area contributed by atoms with Crippen LogP contribution in [0, 0.1) is 35.0 Å². The molecule has 7 unspecified atom stereocenters. The number of hydrogen-bond donors (Lipinski definition) is 2. The van der Waals surface area contributed by atoms with Crippen molar-refractivity contribution in [3.8, 4) is 0 Å². The van der Waals surface area contributed by atoms with E-state index in [9.17, 15) is 22.4 Å². The Labute approximate surface area is 222 Å². The van der Waals surface area contributed by atoms with Gasteiger partial charge in [-0.15, -0.1) is 0 Å². The average Bonchev–Trinajstić information content (AvgIpc) is 3.40. The number of amides is 1. The van der Waals surface area contributed by atoms with Crippen molar-refractivity contribution in [2.24, 2.45) is 35.0 Å². The predicted molar refractivity (Wildman–Crippen MR) is 133 cm³/mol. The van der Waals surface area contributed by atoms with Crippen molar-refractivity contribution < 1.29 is 27.1 Å². The summed E-state index contributed by atoms with van der Waals surface area (Å²) in [7, 11) is 2.09. The lowest BCUT2D eigenvalue weighted by Crippen LogP contribution is -2.56. The number of nitrogens with one attached hydrogen (secondary N) is 2. The zero-order valence-corrected chi connectivity index (χ0v) is 22.6. The summed E-state index contributed by atoms with van der Waals surface area (Å²) in [5, 5.41) is 0. The van der Waals surface area contributed by atoms with Crippen LogP contribution >= 0.6 is 0 Å². The maximum Gasteiger partial charge on any atom is 0.392 e. The Morgan fingerprint density at radius 3 is 2.50 bits per heavy atom. The molecule has 4 heterocycles. The molecule has 2 N–H and O–H groups in total. The molecular weight excluding hydrogens is 502 g/mol. The molecule has 2 aliphatic carbocycles. The van der Waals surface area contributed by atoms with Crippen molar-refractivity contribution >= 4 is 5.91 Å². The highest BCUT2D eigenvalue weighted by Gasteiger charge is 2.59. The van der Waals surface area contributed by atoms with Gasteiger partial charge in [0.05, 0.1) is 32.0 Å². The van der Waals surface area contributed by atoms with Gasteiger partial charge >= 0.3 is 6.18 Å². The van der Waals surface area contributed by atoms with E-state index in [-0.39, 0.29) is 48.5 Å². The van der Waals surface area contributed by atoms with Crippen molar-refractivity contribution in [1.82, 2.24) is 25.6 Å². The van der Waals surface area contributed by atoms with Gasteiger partial charge in [0.25, 0.3) is 0 Å². The molecule has 4 saturated heterocycles. The SMILES string of the molecule is C[C@@H](C1CC2C(=O)N(C3CCCC(C4(CC5NNCN5C)COC4)C3)CC2C(C(F)(F)F)C1)N1CC(F)C1. The Balaban J connectivity index is 1.16. The zero-order chi connectivity index (χ0) is 26.8. The molecule has 6 fully saturated rings. The first-order valence-electron chi connectivity index (χ1n) is 14.6. The van der Waals surface area contributed by atoms with Gasteiger partial charge in [0, 0.05) is 43.1 Å². The smallest absolute Gasteiger partial charge is 0.380 e. The fraction of sp³-hybridized carbons (Fsp3) is 0.963.